The second-order valence-corrected chi connectivity index (χ2v) is 2.42. The Hall–Kier alpha value is -1.00. The number of hydrogen-bond donors (Lipinski definition) is 0. The van der Waals surface area contributed by atoms with Gasteiger partial charge in [0.1, 0.15) is 5.69 Å². The summed E-state index contributed by atoms with van der Waals surface area (Å²) in [4.78, 5) is 4.04. The van der Waals surface area contributed by atoms with Crippen LogP contribution in [-0.2, 0) is 0 Å². The minimum absolute atomic E-state index is 0.357. The van der Waals surface area contributed by atoms with E-state index in [1.54, 1.807) is 6.20 Å². The Kier molecular flexibility index (Phi) is 2.95. The zero-order chi connectivity index (χ0) is 8.10. The second-order valence-electron chi connectivity index (χ2n) is 2.15. The number of pyridine rings is 1. The van der Waals surface area contributed by atoms with Crippen molar-refractivity contribution in [3.05, 3.63) is 29.6 Å². The monoisotopic (exact) mass is 165 g/mol. The molecule has 0 N–H and O–H groups in total. The molecule has 56 valence electrons. The number of alkyl halides is 1. The maximum atomic E-state index is 5.39. The Bertz CT molecular complexity index is 296. The third kappa shape index (κ3) is 2.61. The van der Waals surface area contributed by atoms with Crippen molar-refractivity contribution in [3.8, 4) is 11.8 Å². The summed E-state index contributed by atoms with van der Waals surface area (Å²) in [7, 11) is 0. The Morgan fingerprint density at radius 1 is 1.64 bits per heavy atom. The van der Waals surface area contributed by atoms with E-state index in [2.05, 4.69) is 16.8 Å². The fourth-order valence-electron chi connectivity index (χ4n) is 0.728. The molecule has 1 heterocycles. The highest BCUT2D eigenvalue weighted by Crippen LogP contribution is 1.97. The summed E-state index contributed by atoms with van der Waals surface area (Å²) in [5.74, 6) is 5.94. The first-order valence-electron chi connectivity index (χ1n) is 3.30. The maximum absolute atomic E-state index is 5.39. The molecule has 2 heteroatoms. The van der Waals surface area contributed by atoms with Crippen molar-refractivity contribution in [1.29, 1.82) is 0 Å². The van der Waals surface area contributed by atoms with Gasteiger partial charge < -0.3 is 0 Å². The lowest BCUT2D eigenvalue weighted by molar-refractivity contribution is 1.25. The van der Waals surface area contributed by atoms with Crippen LogP contribution >= 0.6 is 11.6 Å². The molecule has 0 bridgehead atoms. The lowest BCUT2D eigenvalue weighted by Crippen LogP contribution is -1.82. The van der Waals surface area contributed by atoms with Gasteiger partial charge in [-0.2, -0.15) is 0 Å². The van der Waals surface area contributed by atoms with Crippen LogP contribution in [0.15, 0.2) is 18.3 Å². The van der Waals surface area contributed by atoms with Gasteiger partial charge in [0, 0.05) is 6.20 Å². The molecule has 0 atom stereocenters. The van der Waals surface area contributed by atoms with Gasteiger partial charge in [-0.1, -0.05) is 5.92 Å². The molecule has 0 saturated carbocycles. The lowest BCUT2D eigenvalue weighted by atomic mass is 10.2. The van der Waals surface area contributed by atoms with Crippen molar-refractivity contribution in [2.45, 2.75) is 6.92 Å². The van der Waals surface area contributed by atoms with Gasteiger partial charge in [0.2, 0.25) is 0 Å². The normalized spacial score (nSPS) is 8.55. The average Bonchev–Trinajstić information content (AvgIpc) is 2.01. The molecule has 1 nitrogen and oxygen atoms in total. The van der Waals surface area contributed by atoms with Gasteiger partial charge in [-0.05, 0) is 30.5 Å². The third-order valence-corrected chi connectivity index (χ3v) is 1.33. The SMILES string of the molecule is Cc1ccnc(C#CCCl)c1. The number of aryl methyl sites for hydroxylation is 1. The van der Waals surface area contributed by atoms with Crippen LogP contribution in [0.4, 0.5) is 0 Å². The van der Waals surface area contributed by atoms with E-state index in [-0.39, 0.29) is 0 Å². The van der Waals surface area contributed by atoms with Gasteiger partial charge in [0.25, 0.3) is 0 Å². The Morgan fingerprint density at radius 2 is 2.45 bits per heavy atom. The summed E-state index contributed by atoms with van der Waals surface area (Å²) in [6.45, 7) is 2.01. The molecule has 0 unspecified atom stereocenters. The summed E-state index contributed by atoms with van der Waals surface area (Å²) < 4.78 is 0. The van der Waals surface area contributed by atoms with Gasteiger partial charge in [0.05, 0.1) is 5.88 Å². The maximum Gasteiger partial charge on any atom is 0.113 e. The van der Waals surface area contributed by atoms with Crippen LogP contribution in [0.25, 0.3) is 0 Å². The first-order chi connectivity index (χ1) is 5.33. The highest BCUT2D eigenvalue weighted by atomic mass is 35.5. The molecule has 1 aromatic heterocycles. The number of hydrogen-bond acceptors (Lipinski definition) is 1. The minimum atomic E-state index is 0.357. The van der Waals surface area contributed by atoms with Crippen LogP contribution in [0.3, 0.4) is 0 Å². The van der Waals surface area contributed by atoms with Gasteiger partial charge in [-0.15, -0.1) is 11.6 Å². The lowest BCUT2D eigenvalue weighted by Gasteiger charge is -1.90. The van der Waals surface area contributed by atoms with E-state index in [9.17, 15) is 0 Å². The molecule has 0 aliphatic rings. The molecule has 1 aromatic rings. The van der Waals surface area contributed by atoms with Crippen LogP contribution < -0.4 is 0 Å². The highest BCUT2D eigenvalue weighted by molar-refractivity contribution is 6.19. The van der Waals surface area contributed by atoms with Crippen LogP contribution in [0.2, 0.25) is 0 Å². The van der Waals surface area contributed by atoms with Crippen LogP contribution in [-0.4, -0.2) is 10.9 Å². The van der Waals surface area contributed by atoms with Crippen molar-refractivity contribution in [2.24, 2.45) is 0 Å². The predicted molar refractivity (Wildman–Crippen MR) is 46.6 cm³/mol. The van der Waals surface area contributed by atoms with E-state index < -0.39 is 0 Å². The first-order valence-corrected chi connectivity index (χ1v) is 3.84. The molecular weight excluding hydrogens is 158 g/mol. The standard InChI is InChI=1S/C9H8ClN/c1-8-4-6-11-9(7-8)3-2-5-10/h4,6-7H,5H2,1H3. The van der Waals surface area contributed by atoms with E-state index in [1.165, 1.54) is 5.56 Å². The molecule has 0 fully saturated rings. The average molecular weight is 166 g/mol. The van der Waals surface area contributed by atoms with Crippen molar-refractivity contribution in [2.75, 3.05) is 5.88 Å². The number of rotatable bonds is 0. The molecular formula is C9H8ClN. The zero-order valence-electron chi connectivity index (χ0n) is 6.26. The topological polar surface area (TPSA) is 12.9 Å². The molecule has 0 aromatic carbocycles. The third-order valence-electron chi connectivity index (χ3n) is 1.20. The van der Waals surface area contributed by atoms with Crippen molar-refractivity contribution in [1.82, 2.24) is 4.98 Å². The molecule has 0 aliphatic heterocycles. The summed E-state index contributed by atoms with van der Waals surface area (Å²) >= 11 is 5.39. The quantitative estimate of drug-likeness (QED) is 0.423. The van der Waals surface area contributed by atoms with Gasteiger partial charge in [0.15, 0.2) is 0 Å². The van der Waals surface area contributed by atoms with Crippen molar-refractivity contribution >= 4 is 11.6 Å². The van der Waals surface area contributed by atoms with Gasteiger partial charge >= 0.3 is 0 Å². The second kappa shape index (κ2) is 4.00. The van der Waals surface area contributed by atoms with Crippen LogP contribution in [0.5, 0.6) is 0 Å². The fraction of sp³-hybridized carbons (Fsp3) is 0.222. The van der Waals surface area contributed by atoms with E-state index in [0.29, 0.717) is 5.88 Å². The molecule has 0 amide bonds. The Balaban J connectivity index is 2.87. The van der Waals surface area contributed by atoms with Gasteiger partial charge in [-0.3, -0.25) is 0 Å². The van der Waals surface area contributed by atoms with E-state index in [0.717, 1.165) is 5.69 Å². The molecule has 1 rings (SSSR count). The number of nitrogens with zero attached hydrogens (tertiary/aromatic N) is 1. The van der Waals surface area contributed by atoms with Gasteiger partial charge in [-0.25, -0.2) is 4.98 Å². The summed E-state index contributed by atoms with van der Waals surface area (Å²) in [5, 5.41) is 0. The summed E-state index contributed by atoms with van der Waals surface area (Å²) in [6.07, 6.45) is 1.74. The smallest absolute Gasteiger partial charge is 0.113 e. The molecule has 0 spiro atoms. The molecule has 0 aliphatic carbocycles. The van der Waals surface area contributed by atoms with Crippen LogP contribution in [0.1, 0.15) is 11.3 Å². The minimum Gasteiger partial charge on any atom is -0.248 e. The van der Waals surface area contributed by atoms with Crippen molar-refractivity contribution in [3.63, 3.8) is 0 Å². The number of aromatic nitrogens is 1. The molecule has 11 heavy (non-hydrogen) atoms. The largest absolute Gasteiger partial charge is 0.248 e. The molecule has 0 saturated heterocycles. The first kappa shape index (κ1) is 8.10. The zero-order valence-corrected chi connectivity index (χ0v) is 7.02. The summed E-state index contributed by atoms with van der Waals surface area (Å²) in [5.41, 5.74) is 1.95. The van der Waals surface area contributed by atoms with Crippen LogP contribution in [0, 0.1) is 18.8 Å². The summed E-state index contributed by atoms with van der Waals surface area (Å²) in [6, 6.07) is 3.87. The fourth-order valence-corrected chi connectivity index (χ4v) is 0.795. The predicted octanol–water partition coefficient (Wildman–Crippen LogP) is 1.98. The number of halogens is 1. The molecule has 0 radical (unpaired) electrons. The Labute approximate surface area is 71.4 Å². The Morgan fingerprint density at radius 3 is 3.09 bits per heavy atom. The highest BCUT2D eigenvalue weighted by Gasteiger charge is 1.86. The van der Waals surface area contributed by atoms with E-state index >= 15 is 0 Å². The van der Waals surface area contributed by atoms with Crippen molar-refractivity contribution < 1.29 is 0 Å². The van der Waals surface area contributed by atoms with E-state index in [4.69, 9.17) is 11.6 Å². The van der Waals surface area contributed by atoms with E-state index in [1.807, 2.05) is 19.1 Å².